The summed E-state index contributed by atoms with van der Waals surface area (Å²) in [5.74, 6) is 1.04. The molecule has 4 heteroatoms. The van der Waals surface area contributed by atoms with Gasteiger partial charge in [-0.1, -0.05) is 170 Å². The maximum Gasteiger partial charge on any atom is 0.165 e. The number of aromatic nitrogens is 4. The van der Waals surface area contributed by atoms with Crippen LogP contribution in [-0.2, 0) is 0 Å². The van der Waals surface area contributed by atoms with E-state index in [1.54, 1.807) is 0 Å². The Bertz CT molecular complexity index is 4050. The summed E-state index contributed by atoms with van der Waals surface area (Å²) in [5, 5.41) is 7.49. The molecule has 0 amide bonds. The molecule has 3 aromatic heterocycles. The highest BCUT2D eigenvalue weighted by molar-refractivity contribution is 6.30. The summed E-state index contributed by atoms with van der Waals surface area (Å²) in [6.07, 6.45) is 10.0. The van der Waals surface area contributed by atoms with Crippen LogP contribution in [0.3, 0.4) is 0 Å². The Morgan fingerprint density at radius 2 is 1.09 bits per heavy atom. The average molecular weight is 841 g/mol. The Morgan fingerprint density at radius 3 is 1.91 bits per heavy atom. The van der Waals surface area contributed by atoms with Crippen LogP contribution in [-0.4, -0.2) is 19.1 Å². The molecular weight excluding hydrogens is 801 g/mol. The lowest BCUT2D eigenvalue weighted by molar-refractivity contribution is 0.846. The standard InChI is InChI=1S/C62H40N4/c1-4-16-39(17-5-1)44-33-36-53-49(38-44)46-23-10-13-28-52(46)65(53)45-34-30-43(31-35-45)61-62(64-51-27-12-11-26-50(51)63-61)66-54-29-15-25-48-57(41-20-8-3-9-21-41)56(40-18-6-2-7-19-40)47-24-14-22-42-32-37-55(66)60(58(42)47)59(48)54/h1-18,20-38,40H,19H2. The third kappa shape index (κ3) is 5.45. The average Bonchev–Trinajstić information content (AvgIpc) is 3.86. The molecule has 1 atom stereocenters. The lowest BCUT2D eigenvalue weighted by atomic mass is 9.80. The monoisotopic (exact) mass is 840 g/mol. The quantitative estimate of drug-likeness (QED) is 0.167. The van der Waals surface area contributed by atoms with Crippen LogP contribution in [0.1, 0.15) is 23.1 Å². The van der Waals surface area contributed by atoms with Crippen molar-refractivity contribution in [3.63, 3.8) is 0 Å². The Kier molecular flexibility index (Phi) is 8.07. The van der Waals surface area contributed by atoms with Gasteiger partial charge >= 0.3 is 0 Å². The van der Waals surface area contributed by atoms with Gasteiger partial charge in [-0.2, -0.15) is 0 Å². The van der Waals surface area contributed by atoms with Crippen LogP contribution in [0, 0.1) is 5.92 Å². The van der Waals surface area contributed by atoms with Crippen LogP contribution in [0.5, 0.6) is 0 Å². The van der Waals surface area contributed by atoms with Crippen molar-refractivity contribution < 1.29 is 0 Å². The maximum atomic E-state index is 5.56. The van der Waals surface area contributed by atoms with Crippen LogP contribution in [0.4, 0.5) is 0 Å². The van der Waals surface area contributed by atoms with Gasteiger partial charge in [-0.05, 0) is 111 Å². The fourth-order valence-corrected chi connectivity index (χ4v) is 11.1. The molecule has 3 heterocycles. The summed E-state index contributed by atoms with van der Waals surface area (Å²) in [4.78, 5) is 11.0. The Labute approximate surface area is 381 Å². The molecular formula is C62H40N4. The first-order valence-corrected chi connectivity index (χ1v) is 22.9. The van der Waals surface area contributed by atoms with Gasteiger partial charge in [-0.3, -0.25) is 4.57 Å². The van der Waals surface area contributed by atoms with Crippen LogP contribution in [0.25, 0.3) is 110 Å². The van der Waals surface area contributed by atoms with Crippen molar-refractivity contribution in [1.82, 2.24) is 19.1 Å². The number of hydrogen-bond donors (Lipinski definition) is 0. The van der Waals surface area contributed by atoms with Crippen LogP contribution < -0.4 is 0 Å². The summed E-state index contributed by atoms with van der Waals surface area (Å²) in [7, 11) is 0. The first kappa shape index (κ1) is 36.8. The molecule has 0 aliphatic heterocycles. The summed E-state index contributed by atoms with van der Waals surface area (Å²) in [6.45, 7) is 0. The van der Waals surface area contributed by atoms with Gasteiger partial charge in [0.1, 0.15) is 5.69 Å². The van der Waals surface area contributed by atoms with E-state index in [0.29, 0.717) is 0 Å². The molecule has 0 saturated heterocycles. The fourth-order valence-electron chi connectivity index (χ4n) is 11.1. The normalized spacial score (nSPS) is 14.6. The molecule has 2 aliphatic carbocycles. The number of allylic oxidation sites excluding steroid dienone is 5. The Hall–Kier alpha value is -8.60. The van der Waals surface area contributed by atoms with Gasteiger partial charge in [0.15, 0.2) is 5.82 Å². The molecule has 308 valence electrons. The topological polar surface area (TPSA) is 35.6 Å². The molecule has 0 bridgehead atoms. The van der Waals surface area contributed by atoms with Gasteiger partial charge in [0.05, 0.1) is 33.1 Å². The predicted octanol–water partition coefficient (Wildman–Crippen LogP) is 15.7. The SMILES string of the molecule is C1=CCC(C2=C(c3ccccc3)c3cccc4c3c3c5c2cccc5ccc3n4-c2nc3ccccc3nc2-c2ccc(-n3c4ccccc4c4cc(-c5ccccc5)ccc43)cc2)C=C1. The van der Waals surface area contributed by atoms with Gasteiger partial charge in [-0.25, -0.2) is 9.97 Å². The van der Waals surface area contributed by atoms with E-state index in [2.05, 4.69) is 228 Å². The fraction of sp³-hybridized carbons (Fsp3) is 0.0323. The number of rotatable bonds is 6. The van der Waals surface area contributed by atoms with E-state index in [1.165, 1.54) is 82.3 Å². The molecule has 4 nitrogen and oxygen atoms in total. The van der Waals surface area contributed by atoms with Crippen LogP contribution >= 0.6 is 0 Å². The number of fused-ring (bicyclic) bond motifs is 4. The first-order valence-electron chi connectivity index (χ1n) is 22.9. The number of benzene rings is 9. The van der Waals surface area contributed by atoms with E-state index in [1.807, 2.05) is 6.07 Å². The van der Waals surface area contributed by atoms with E-state index in [-0.39, 0.29) is 5.92 Å². The zero-order valence-corrected chi connectivity index (χ0v) is 35.9. The summed E-state index contributed by atoms with van der Waals surface area (Å²) in [6, 6.07) is 72.7. The smallest absolute Gasteiger partial charge is 0.165 e. The third-order valence-electron chi connectivity index (χ3n) is 14.0. The molecule has 66 heavy (non-hydrogen) atoms. The minimum absolute atomic E-state index is 0.229. The third-order valence-corrected chi connectivity index (χ3v) is 14.0. The molecule has 12 aromatic rings. The second kappa shape index (κ2) is 14.5. The summed E-state index contributed by atoms with van der Waals surface area (Å²) in [5.41, 5.74) is 18.1. The Balaban J connectivity index is 1.01. The van der Waals surface area contributed by atoms with Crippen molar-refractivity contribution in [1.29, 1.82) is 0 Å². The zero-order chi connectivity index (χ0) is 43.3. The van der Waals surface area contributed by atoms with E-state index in [9.17, 15) is 0 Å². The molecule has 1 unspecified atom stereocenters. The van der Waals surface area contributed by atoms with Crippen molar-refractivity contribution in [3.8, 4) is 33.9 Å². The molecule has 0 radical (unpaired) electrons. The maximum absolute atomic E-state index is 5.56. The van der Waals surface area contributed by atoms with Crippen molar-refractivity contribution in [2.75, 3.05) is 0 Å². The minimum Gasteiger partial charge on any atom is -0.309 e. The highest BCUT2D eigenvalue weighted by atomic mass is 15.1. The largest absolute Gasteiger partial charge is 0.309 e. The van der Waals surface area contributed by atoms with E-state index < -0.39 is 0 Å². The minimum atomic E-state index is 0.229. The molecule has 9 aromatic carbocycles. The van der Waals surface area contributed by atoms with Crippen molar-refractivity contribution in [2.24, 2.45) is 5.92 Å². The molecule has 14 rings (SSSR count). The number of hydrogen-bond acceptors (Lipinski definition) is 2. The molecule has 0 fully saturated rings. The molecule has 2 aliphatic rings. The molecule has 0 saturated carbocycles. The lowest BCUT2D eigenvalue weighted by Crippen LogP contribution is -2.07. The Morgan fingerprint density at radius 1 is 0.424 bits per heavy atom. The molecule has 0 spiro atoms. The summed E-state index contributed by atoms with van der Waals surface area (Å²) < 4.78 is 4.78. The zero-order valence-electron chi connectivity index (χ0n) is 35.9. The van der Waals surface area contributed by atoms with Gasteiger partial charge < -0.3 is 4.57 Å². The van der Waals surface area contributed by atoms with Gasteiger partial charge in [0.25, 0.3) is 0 Å². The van der Waals surface area contributed by atoms with Gasteiger partial charge in [0, 0.05) is 38.7 Å². The second-order valence-corrected chi connectivity index (χ2v) is 17.6. The van der Waals surface area contributed by atoms with Crippen LogP contribution in [0.2, 0.25) is 0 Å². The van der Waals surface area contributed by atoms with Crippen molar-refractivity contribution in [3.05, 3.63) is 241 Å². The first-order chi connectivity index (χ1) is 32.8. The number of para-hydroxylation sites is 3. The van der Waals surface area contributed by atoms with Crippen molar-refractivity contribution in [2.45, 2.75) is 6.42 Å². The highest BCUT2D eigenvalue weighted by Gasteiger charge is 2.31. The second-order valence-electron chi connectivity index (χ2n) is 17.6. The van der Waals surface area contributed by atoms with Crippen molar-refractivity contribution >= 4 is 76.6 Å². The lowest BCUT2D eigenvalue weighted by Gasteiger charge is -2.24. The predicted molar refractivity (Wildman–Crippen MR) is 275 cm³/mol. The van der Waals surface area contributed by atoms with E-state index in [4.69, 9.17) is 9.97 Å². The summed E-state index contributed by atoms with van der Waals surface area (Å²) >= 11 is 0. The molecule has 0 N–H and O–H groups in total. The van der Waals surface area contributed by atoms with Crippen LogP contribution in [0.15, 0.2) is 224 Å². The number of nitrogens with zero attached hydrogens (tertiary/aromatic N) is 4. The van der Waals surface area contributed by atoms with E-state index in [0.717, 1.165) is 51.3 Å². The van der Waals surface area contributed by atoms with Gasteiger partial charge in [0.2, 0.25) is 0 Å². The van der Waals surface area contributed by atoms with Gasteiger partial charge in [-0.15, -0.1) is 0 Å². The highest BCUT2D eigenvalue weighted by Crippen LogP contribution is 2.51. The van der Waals surface area contributed by atoms with E-state index >= 15 is 0 Å².